The summed E-state index contributed by atoms with van der Waals surface area (Å²) in [6.45, 7) is 0.330. The number of benzene rings is 1. The van der Waals surface area contributed by atoms with Crippen LogP contribution >= 0.6 is 0 Å². The van der Waals surface area contributed by atoms with Gasteiger partial charge >= 0.3 is 12.1 Å². The van der Waals surface area contributed by atoms with Crippen molar-refractivity contribution < 1.29 is 18.8 Å². The van der Waals surface area contributed by atoms with Crippen molar-refractivity contribution in [2.45, 2.75) is 0 Å². The number of amides is 5. The predicted octanol–water partition coefficient (Wildman–Crippen LogP) is 1.78. The van der Waals surface area contributed by atoms with Gasteiger partial charge in [0.05, 0.1) is 6.54 Å². The molecule has 0 aliphatic carbocycles. The van der Waals surface area contributed by atoms with E-state index in [4.69, 9.17) is 0 Å². The Labute approximate surface area is 127 Å². The highest BCUT2D eigenvalue weighted by Gasteiger charge is 2.36. The fraction of sp³-hybridized carbons (Fsp3) is 0.267. The zero-order valence-corrected chi connectivity index (χ0v) is 12.3. The molecule has 0 spiro atoms. The van der Waals surface area contributed by atoms with Gasteiger partial charge in [0.2, 0.25) is 0 Å². The van der Waals surface area contributed by atoms with Gasteiger partial charge in [-0.1, -0.05) is 12.1 Å². The Bertz CT molecular complexity index is 625. The molecule has 0 aromatic heterocycles. The molecule has 1 aliphatic rings. The summed E-state index contributed by atoms with van der Waals surface area (Å²) in [5.41, 5.74) is 0.641. The number of carbonyl (C=O) groups excluding carboxylic acids is 3. The molecule has 5 amide bonds. The predicted molar refractivity (Wildman–Crippen MR) is 78.3 cm³/mol. The lowest BCUT2D eigenvalue weighted by Gasteiger charge is -2.19. The number of halogens is 1. The molecule has 7 heteroatoms. The average molecular weight is 305 g/mol. The first-order chi connectivity index (χ1) is 10.4. The second-order valence-corrected chi connectivity index (χ2v) is 4.99. The van der Waals surface area contributed by atoms with Gasteiger partial charge in [-0.15, -0.1) is 0 Å². The molecule has 116 valence electrons. The van der Waals surface area contributed by atoms with Gasteiger partial charge in [0.1, 0.15) is 5.82 Å². The third-order valence-corrected chi connectivity index (χ3v) is 3.18. The van der Waals surface area contributed by atoms with E-state index in [-0.39, 0.29) is 18.9 Å². The van der Waals surface area contributed by atoms with Gasteiger partial charge in [-0.25, -0.2) is 18.9 Å². The van der Waals surface area contributed by atoms with E-state index in [2.05, 4.69) is 0 Å². The van der Waals surface area contributed by atoms with Crippen molar-refractivity contribution in [2.75, 3.05) is 27.2 Å². The van der Waals surface area contributed by atoms with E-state index in [1.54, 1.807) is 0 Å². The summed E-state index contributed by atoms with van der Waals surface area (Å²) in [4.78, 5) is 39.1. The summed E-state index contributed by atoms with van der Waals surface area (Å²) in [5, 5.41) is 0. The molecule has 1 saturated heterocycles. The minimum atomic E-state index is -0.632. The normalized spacial score (nSPS) is 14.8. The van der Waals surface area contributed by atoms with E-state index >= 15 is 0 Å². The molecule has 0 N–H and O–H groups in total. The van der Waals surface area contributed by atoms with Gasteiger partial charge in [0.15, 0.2) is 0 Å². The maximum absolute atomic E-state index is 12.8. The van der Waals surface area contributed by atoms with Crippen LogP contribution in [0.3, 0.4) is 0 Å². The van der Waals surface area contributed by atoms with Crippen LogP contribution in [0.2, 0.25) is 0 Å². The number of urea groups is 2. The molecule has 1 heterocycles. The topological polar surface area (TPSA) is 60.9 Å². The summed E-state index contributed by atoms with van der Waals surface area (Å²) >= 11 is 0. The van der Waals surface area contributed by atoms with Crippen molar-refractivity contribution in [3.8, 4) is 0 Å². The van der Waals surface area contributed by atoms with Crippen LogP contribution in [0, 0.1) is 5.82 Å². The lowest BCUT2D eigenvalue weighted by atomic mass is 10.2. The van der Waals surface area contributed by atoms with E-state index in [0.717, 1.165) is 9.80 Å². The number of imide groups is 2. The highest BCUT2D eigenvalue weighted by molar-refractivity contribution is 6.07. The molecule has 6 nitrogen and oxygen atoms in total. The summed E-state index contributed by atoms with van der Waals surface area (Å²) in [6, 6.07) is 4.51. The summed E-state index contributed by atoms with van der Waals surface area (Å²) in [7, 11) is 3.07. The quantitative estimate of drug-likeness (QED) is 0.783. The maximum Gasteiger partial charge on any atom is 0.335 e. The maximum atomic E-state index is 12.8. The van der Waals surface area contributed by atoms with Crippen LogP contribution in [0.4, 0.5) is 14.0 Å². The molecule has 1 fully saturated rings. The van der Waals surface area contributed by atoms with Crippen LogP contribution in [0.15, 0.2) is 30.3 Å². The van der Waals surface area contributed by atoms with Gasteiger partial charge in [0.25, 0.3) is 5.91 Å². The lowest BCUT2D eigenvalue weighted by molar-refractivity contribution is -0.122. The van der Waals surface area contributed by atoms with E-state index in [0.29, 0.717) is 5.56 Å². The minimum absolute atomic E-state index is 0.158. The van der Waals surface area contributed by atoms with E-state index in [1.165, 1.54) is 55.4 Å². The van der Waals surface area contributed by atoms with E-state index in [9.17, 15) is 18.8 Å². The van der Waals surface area contributed by atoms with Crippen LogP contribution in [-0.4, -0.2) is 59.9 Å². The van der Waals surface area contributed by atoms with E-state index in [1.807, 2.05) is 0 Å². The number of hydrogen-bond donors (Lipinski definition) is 0. The van der Waals surface area contributed by atoms with Gasteiger partial charge in [-0.05, 0) is 23.8 Å². The molecule has 1 aromatic rings. The Morgan fingerprint density at radius 1 is 1.14 bits per heavy atom. The fourth-order valence-corrected chi connectivity index (χ4v) is 1.99. The second-order valence-electron chi connectivity index (χ2n) is 4.99. The van der Waals surface area contributed by atoms with Crippen molar-refractivity contribution in [1.82, 2.24) is 14.7 Å². The van der Waals surface area contributed by atoms with Crippen molar-refractivity contribution in [1.29, 1.82) is 0 Å². The molecule has 0 atom stereocenters. The SMILES string of the molecule is CN(C)C(=O)N1CCN(C(=O)/C=C/c2ccc(F)cc2)C1=O. The number of carbonyl (C=O) groups is 3. The standard InChI is InChI=1S/C15H16FN3O3/c1-17(2)14(21)19-10-9-18(15(19)22)13(20)8-5-11-3-6-12(16)7-4-11/h3-8H,9-10H2,1-2H3/b8-5+. The third kappa shape index (κ3) is 3.30. The molecule has 1 aromatic carbocycles. The Kier molecular flexibility index (Phi) is 4.55. The van der Waals surface area contributed by atoms with Gasteiger partial charge < -0.3 is 4.90 Å². The molecule has 1 aliphatic heterocycles. The molecular weight excluding hydrogens is 289 g/mol. The highest BCUT2D eigenvalue weighted by atomic mass is 19.1. The molecule has 0 unspecified atom stereocenters. The Morgan fingerprint density at radius 3 is 2.32 bits per heavy atom. The fourth-order valence-electron chi connectivity index (χ4n) is 1.99. The first kappa shape index (κ1) is 15.7. The van der Waals surface area contributed by atoms with Crippen molar-refractivity contribution in [2.24, 2.45) is 0 Å². The molecule has 22 heavy (non-hydrogen) atoms. The number of rotatable bonds is 2. The monoisotopic (exact) mass is 305 g/mol. The number of hydrogen-bond acceptors (Lipinski definition) is 3. The minimum Gasteiger partial charge on any atom is -0.330 e. The van der Waals surface area contributed by atoms with Crippen LogP contribution in [0.25, 0.3) is 6.08 Å². The lowest BCUT2D eigenvalue weighted by Crippen LogP contribution is -2.43. The molecular formula is C15H16FN3O3. The largest absolute Gasteiger partial charge is 0.335 e. The summed E-state index contributed by atoms with van der Waals surface area (Å²) < 4.78 is 12.8. The summed E-state index contributed by atoms with van der Waals surface area (Å²) in [5.74, 6) is -0.876. The van der Waals surface area contributed by atoms with E-state index < -0.39 is 18.0 Å². The zero-order valence-electron chi connectivity index (χ0n) is 12.3. The van der Waals surface area contributed by atoms with Crippen molar-refractivity contribution in [3.05, 3.63) is 41.7 Å². The number of nitrogens with zero attached hydrogens (tertiary/aromatic N) is 3. The van der Waals surface area contributed by atoms with Crippen molar-refractivity contribution >= 4 is 24.0 Å². The van der Waals surface area contributed by atoms with Crippen LogP contribution < -0.4 is 0 Å². The van der Waals surface area contributed by atoms with Crippen LogP contribution in [0.5, 0.6) is 0 Å². The molecule has 0 bridgehead atoms. The third-order valence-electron chi connectivity index (χ3n) is 3.18. The molecule has 0 saturated carbocycles. The summed E-state index contributed by atoms with van der Waals surface area (Å²) in [6.07, 6.45) is 2.72. The van der Waals surface area contributed by atoms with Crippen LogP contribution in [0.1, 0.15) is 5.56 Å². The smallest absolute Gasteiger partial charge is 0.330 e. The molecule has 2 rings (SSSR count). The Morgan fingerprint density at radius 2 is 1.73 bits per heavy atom. The van der Waals surface area contributed by atoms with Gasteiger partial charge in [-0.2, -0.15) is 0 Å². The Balaban J connectivity index is 2.03. The second kappa shape index (κ2) is 6.38. The average Bonchev–Trinajstić information content (AvgIpc) is 2.87. The zero-order chi connectivity index (χ0) is 16.3. The van der Waals surface area contributed by atoms with Gasteiger partial charge in [0, 0.05) is 26.7 Å². The Hall–Kier alpha value is -2.70. The van der Waals surface area contributed by atoms with Crippen molar-refractivity contribution in [3.63, 3.8) is 0 Å². The first-order valence-electron chi connectivity index (χ1n) is 6.68. The van der Waals surface area contributed by atoms with Gasteiger partial charge in [-0.3, -0.25) is 9.69 Å². The first-order valence-corrected chi connectivity index (χ1v) is 6.68. The van der Waals surface area contributed by atoms with Crippen LogP contribution in [-0.2, 0) is 4.79 Å². The molecule has 0 radical (unpaired) electrons. The highest BCUT2D eigenvalue weighted by Crippen LogP contribution is 2.12.